The molecular weight excluding hydrogens is 366 g/mol. The maximum Gasteiger partial charge on any atom is 0.232 e. The smallest absolute Gasteiger partial charge is 0.232 e. The van der Waals surface area contributed by atoms with Crippen molar-refractivity contribution in [3.63, 3.8) is 0 Å². The van der Waals surface area contributed by atoms with Crippen LogP contribution in [0.25, 0.3) is 0 Å². The van der Waals surface area contributed by atoms with Crippen LogP contribution in [0.3, 0.4) is 0 Å². The Labute approximate surface area is 163 Å². The molecule has 9 heteroatoms. The molecule has 1 saturated heterocycles. The predicted octanol–water partition coefficient (Wildman–Crippen LogP) is 2.96. The third-order valence-electron chi connectivity index (χ3n) is 3.97. The summed E-state index contributed by atoms with van der Waals surface area (Å²) in [6, 6.07) is 3.80. The van der Waals surface area contributed by atoms with Gasteiger partial charge in [-0.05, 0) is 55.7 Å². The molecule has 2 aromatic rings. The molecule has 0 aromatic carbocycles. The second kappa shape index (κ2) is 9.09. The third kappa shape index (κ3) is 5.25. The number of anilines is 2. The average molecular weight is 390 g/mol. The second-order valence-corrected chi connectivity index (χ2v) is 7.60. The average Bonchev–Trinajstić information content (AvgIpc) is 2.62. The fourth-order valence-corrected chi connectivity index (χ4v) is 3.76. The van der Waals surface area contributed by atoms with Gasteiger partial charge in [0.05, 0.1) is 0 Å². The summed E-state index contributed by atoms with van der Waals surface area (Å²) >= 11 is 6.70. The Bertz CT molecular complexity index is 741. The van der Waals surface area contributed by atoms with Gasteiger partial charge in [-0.3, -0.25) is 0 Å². The maximum atomic E-state index is 5.28. The van der Waals surface area contributed by atoms with Gasteiger partial charge in [-0.25, -0.2) is 15.0 Å². The zero-order valence-corrected chi connectivity index (χ0v) is 16.6. The topological polar surface area (TPSA) is 78.9 Å². The van der Waals surface area contributed by atoms with E-state index in [0.29, 0.717) is 22.1 Å². The van der Waals surface area contributed by atoms with E-state index < -0.39 is 0 Å². The van der Waals surface area contributed by atoms with Crippen LogP contribution in [0.1, 0.15) is 26.7 Å². The predicted molar refractivity (Wildman–Crippen MR) is 109 cm³/mol. The van der Waals surface area contributed by atoms with Crippen LogP contribution in [-0.4, -0.2) is 44.7 Å². The summed E-state index contributed by atoms with van der Waals surface area (Å²) < 4.78 is 0. The second-order valence-electron chi connectivity index (χ2n) is 6.20. The zero-order chi connectivity index (χ0) is 18.4. The molecule has 1 fully saturated rings. The third-order valence-corrected chi connectivity index (χ3v) is 5.03. The van der Waals surface area contributed by atoms with Crippen molar-refractivity contribution in [2.24, 2.45) is 5.92 Å². The fourth-order valence-electron chi connectivity index (χ4n) is 2.82. The van der Waals surface area contributed by atoms with Crippen molar-refractivity contribution in [3.05, 3.63) is 24.5 Å². The van der Waals surface area contributed by atoms with Gasteiger partial charge in [-0.15, -0.1) is 0 Å². The molecule has 3 rings (SSSR count). The minimum Gasteiger partial charge on any atom is -0.363 e. The molecule has 2 aromatic heterocycles. The highest BCUT2D eigenvalue weighted by Gasteiger charge is 2.19. The molecule has 1 atom stereocenters. The van der Waals surface area contributed by atoms with Crippen molar-refractivity contribution < 1.29 is 0 Å². The lowest BCUT2D eigenvalue weighted by Gasteiger charge is -2.32. The van der Waals surface area contributed by atoms with Gasteiger partial charge in [0.2, 0.25) is 5.95 Å². The Morgan fingerprint density at radius 2 is 2.15 bits per heavy atom. The lowest BCUT2D eigenvalue weighted by atomic mass is 10.0. The molecule has 0 amide bonds. The van der Waals surface area contributed by atoms with E-state index in [1.54, 1.807) is 18.5 Å². The number of nitrogens with one attached hydrogen (secondary N) is 2. The summed E-state index contributed by atoms with van der Waals surface area (Å²) in [5.74, 6) is 2.06. The first-order chi connectivity index (χ1) is 12.6. The van der Waals surface area contributed by atoms with Crippen molar-refractivity contribution in [2.45, 2.75) is 36.9 Å². The molecule has 3 heterocycles. The van der Waals surface area contributed by atoms with E-state index in [2.05, 4.69) is 42.4 Å². The standard InChI is InChI=1S/C17H23N7S2/c1-3-18-16(25)23-15-21-13(24-9-4-6-12(2)11-24)10-14(22-15)26-17-19-7-5-8-20-17/h5,7-8,10,12H,3-4,6,9,11H2,1-2H3,(H2,18,21,22,23,25)/t12-/m0/s1. The summed E-state index contributed by atoms with van der Waals surface area (Å²) in [7, 11) is 0. The highest BCUT2D eigenvalue weighted by atomic mass is 32.2. The number of hydrogen-bond acceptors (Lipinski definition) is 7. The Morgan fingerprint density at radius 1 is 1.35 bits per heavy atom. The number of thiocarbonyl (C=S) groups is 1. The molecule has 2 N–H and O–H groups in total. The SMILES string of the molecule is CCNC(=S)Nc1nc(Sc2ncccn2)cc(N2CCC[C@H](C)C2)n1. The quantitative estimate of drug-likeness (QED) is 0.456. The van der Waals surface area contributed by atoms with E-state index >= 15 is 0 Å². The van der Waals surface area contributed by atoms with Gasteiger partial charge in [-0.1, -0.05) is 6.92 Å². The minimum absolute atomic E-state index is 0.491. The Morgan fingerprint density at radius 3 is 2.88 bits per heavy atom. The lowest BCUT2D eigenvalue weighted by molar-refractivity contribution is 0.444. The van der Waals surface area contributed by atoms with Gasteiger partial charge in [0.15, 0.2) is 10.3 Å². The molecule has 0 saturated carbocycles. The molecule has 0 bridgehead atoms. The van der Waals surface area contributed by atoms with E-state index in [1.165, 1.54) is 24.6 Å². The van der Waals surface area contributed by atoms with Gasteiger partial charge >= 0.3 is 0 Å². The summed E-state index contributed by atoms with van der Waals surface area (Å²) in [6.07, 6.45) is 5.89. The van der Waals surface area contributed by atoms with Crippen molar-refractivity contribution >= 4 is 40.9 Å². The summed E-state index contributed by atoms with van der Waals surface area (Å²) in [6.45, 7) is 7.02. The first kappa shape index (κ1) is 18.8. The van der Waals surface area contributed by atoms with Crippen LogP contribution in [0.5, 0.6) is 0 Å². The van der Waals surface area contributed by atoms with Crippen molar-refractivity contribution in [1.29, 1.82) is 0 Å². The van der Waals surface area contributed by atoms with E-state index in [1.807, 2.05) is 13.0 Å². The zero-order valence-electron chi connectivity index (χ0n) is 15.0. The molecule has 26 heavy (non-hydrogen) atoms. The van der Waals surface area contributed by atoms with E-state index in [9.17, 15) is 0 Å². The molecule has 7 nitrogen and oxygen atoms in total. The monoisotopic (exact) mass is 389 g/mol. The van der Waals surface area contributed by atoms with E-state index in [4.69, 9.17) is 12.2 Å². The first-order valence-corrected chi connectivity index (χ1v) is 10.00. The highest BCUT2D eigenvalue weighted by Crippen LogP contribution is 2.28. The van der Waals surface area contributed by atoms with E-state index in [-0.39, 0.29) is 0 Å². The van der Waals surface area contributed by atoms with Crippen LogP contribution < -0.4 is 15.5 Å². The molecule has 1 aliphatic heterocycles. The van der Waals surface area contributed by atoms with Crippen LogP contribution in [0.2, 0.25) is 0 Å². The molecule has 138 valence electrons. The van der Waals surface area contributed by atoms with Crippen LogP contribution in [0, 0.1) is 5.92 Å². The number of nitrogens with zero attached hydrogens (tertiary/aromatic N) is 5. The van der Waals surface area contributed by atoms with Gasteiger partial charge in [-0.2, -0.15) is 4.98 Å². The number of hydrogen-bond donors (Lipinski definition) is 2. The number of aromatic nitrogens is 4. The van der Waals surface area contributed by atoms with Gasteiger partial charge in [0.1, 0.15) is 10.8 Å². The largest absolute Gasteiger partial charge is 0.363 e. The van der Waals surface area contributed by atoms with Gasteiger partial charge < -0.3 is 15.5 Å². The Hall–Kier alpha value is -2.00. The van der Waals surface area contributed by atoms with Gasteiger partial charge in [0.25, 0.3) is 0 Å². The normalized spacial score (nSPS) is 17.0. The first-order valence-electron chi connectivity index (χ1n) is 8.77. The highest BCUT2D eigenvalue weighted by molar-refractivity contribution is 7.99. The van der Waals surface area contributed by atoms with Crippen LogP contribution in [0.15, 0.2) is 34.7 Å². The Kier molecular flexibility index (Phi) is 6.56. The van der Waals surface area contributed by atoms with Gasteiger partial charge in [0, 0.05) is 38.1 Å². The minimum atomic E-state index is 0.491. The molecular formula is C17H23N7S2. The summed E-state index contributed by atoms with van der Waals surface area (Å²) in [5, 5.41) is 8.11. The van der Waals surface area contributed by atoms with Crippen molar-refractivity contribution in [3.8, 4) is 0 Å². The van der Waals surface area contributed by atoms with E-state index in [0.717, 1.165) is 30.5 Å². The lowest BCUT2D eigenvalue weighted by Crippen LogP contribution is -2.35. The summed E-state index contributed by atoms with van der Waals surface area (Å²) in [5.41, 5.74) is 0. The molecule has 1 aliphatic rings. The molecule has 0 unspecified atom stereocenters. The Balaban J connectivity index is 1.86. The van der Waals surface area contributed by atoms with Crippen molar-refractivity contribution in [1.82, 2.24) is 25.3 Å². The van der Waals surface area contributed by atoms with Crippen LogP contribution >= 0.6 is 24.0 Å². The molecule has 0 aliphatic carbocycles. The fraction of sp³-hybridized carbons (Fsp3) is 0.471. The molecule has 0 radical (unpaired) electrons. The maximum absolute atomic E-state index is 5.28. The molecule has 0 spiro atoms. The van der Waals surface area contributed by atoms with Crippen LogP contribution in [-0.2, 0) is 0 Å². The number of rotatable bonds is 5. The van der Waals surface area contributed by atoms with Crippen LogP contribution in [0.4, 0.5) is 11.8 Å². The number of piperidine rings is 1. The van der Waals surface area contributed by atoms with Crippen molar-refractivity contribution in [2.75, 3.05) is 29.9 Å². The summed E-state index contributed by atoms with van der Waals surface area (Å²) in [4.78, 5) is 20.1.